The molecule has 0 saturated carbocycles. The van der Waals surface area contributed by atoms with E-state index in [1.54, 1.807) is 27.8 Å². The molecular formula is C23H44N2O2S2. The van der Waals surface area contributed by atoms with Crippen LogP contribution in [0.4, 0.5) is 4.79 Å². The van der Waals surface area contributed by atoms with E-state index in [0.717, 1.165) is 22.6 Å². The third-order valence-electron chi connectivity index (χ3n) is 4.91. The van der Waals surface area contributed by atoms with Crippen molar-refractivity contribution in [1.29, 1.82) is 0 Å². The Morgan fingerprint density at radius 1 is 1.07 bits per heavy atom. The predicted molar refractivity (Wildman–Crippen MR) is 132 cm³/mol. The first-order valence-electron chi connectivity index (χ1n) is 10.5. The van der Waals surface area contributed by atoms with Gasteiger partial charge in [-0.05, 0) is 52.0 Å². The summed E-state index contributed by atoms with van der Waals surface area (Å²) >= 11 is 0. The van der Waals surface area contributed by atoms with Gasteiger partial charge in [-0.2, -0.15) is 0 Å². The number of hydrogen-bond donors (Lipinski definition) is 2. The zero-order valence-corrected chi connectivity index (χ0v) is 21.8. The van der Waals surface area contributed by atoms with E-state index in [1.807, 2.05) is 32.0 Å². The van der Waals surface area contributed by atoms with E-state index in [-0.39, 0.29) is 0 Å². The molecule has 0 unspecified atom stereocenters. The Hall–Kier alpha value is -0.880. The lowest BCUT2D eigenvalue weighted by Gasteiger charge is -2.35. The normalized spacial score (nSPS) is 13.2. The molecule has 0 aliphatic rings. The molecule has 4 nitrogen and oxygen atoms in total. The highest BCUT2D eigenvalue weighted by molar-refractivity contribution is 8.76. The van der Waals surface area contributed by atoms with Crippen LogP contribution in [0.25, 0.3) is 0 Å². The van der Waals surface area contributed by atoms with Crippen molar-refractivity contribution in [2.24, 2.45) is 22.7 Å². The van der Waals surface area contributed by atoms with Gasteiger partial charge in [-0.15, -0.1) is 0 Å². The van der Waals surface area contributed by atoms with Crippen molar-refractivity contribution >= 4 is 27.7 Å². The molecule has 1 heterocycles. The fourth-order valence-corrected chi connectivity index (χ4v) is 3.72. The number of nitrogens with zero attached hydrogens (tertiary/aromatic N) is 1. The molecule has 170 valence electrons. The topological polar surface area (TPSA) is 62.2 Å². The van der Waals surface area contributed by atoms with Crippen molar-refractivity contribution in [2.45, 2.75) is 80.7 Å². The molecule has 0 saturated heterocycles. The molecule has 1 amide bonds. The highest BCUT2D eigenvalue weighted by Gasteiger charge is 2.27. The average molecular weight is 445 g/mol. The maximum absolute atomic E-state index is 10.1. The second kappa shape index (κ2) is 15.9. The summed E-state index contributed by atoms with van der Waals surface area (Å²) in [7, 11) is 3.12. The fraction of sp³-hybridized carbons (Fsp3) is 0.739. The van der Waals surface area contributed by atoms with Crippen molar-refractivity contribution in [3.8, 4) is 0 Å². The number of nitrogens with one attached hydrogen (secondary N) is 1. The van der Waals surface area contributed by atoms with Crippen LogP contribution in [0, 0.1) is 22.7 Å². The summed E-state index contributed by atoms with van der Waals surface area (Å²) in [5, 5.41) is 11.5. The van der Waals surface area contributed by atoms with Crippen LogP contribution < -0.4 is 5.32 Å². The van der Waals surface area contributed by atoms with Gasteiger partial charge in [-0.3, -0.25) is 0 Å². The minimum absolute atomic E-state index is 0.458. The summed E-state index contributed by atoms with van der Waals surface area (Å²) in [5.74, 6) is 2.34. The quantitative estimate of drug-likeness (QED) is 0.331. The van der Waals surface area contributed by atoms with Gasteiger partial charge in [0.2, 0.25) is 0 Å². The fourth-order valence-electron chi connectivity index (χ4n) is 1.94. The van der Waals surface area contributed by atoms with Crippen molar-refractivity contribution < 1.29 is 9.90 Å². The summed E-state index contributed by atoms with van der Waals surface area (Å²) in [6.45, 7) is 23.3. The number of carboxylic acid groups (broad SMARTS) is 1. The maximum Gasteiger partial charge on any atom is 0.404 e. The Balaban J connectivity index is 0. The van der Waals surface area contributed by atoms with Gasteiger partial charge in [0.25, 0.3) is 0 Å². The third-order valence-corrected chi connectivity index (χ3v) is 7.17. The Bertz CT molecular complexity index is 508. The molecule has 1 aromatic heterocycles. The van der Waals surface area contributed by atoms with Crippen LogP contribution in [0.2, 0.25) is 0 Å². The van der Waals surface area contributed by atoms with E-state index in [4.69, 9.17) is 5.11 Å². The molecule has 0 aromatic carbocycles. The smallest absolute Gasteiger partial charge is 0.404 e. The SMILES string of the molecule is CC.C[C@H](C[C@@H](C)C(C)(C)C)C(C)(C)C.O=C(O)NCCSSc1ccccn1. The lowest BCUT2D eigenvalue weighted by molar-refractivity contribution is 0.157. The molecule has 6 heteroatoms. The Kier molecular flexibility index (Phi) is 16.6. The number of hydrogen-bond acceptors (Lipinski definition) is 4. The van der Waals surface area contributed by atoms with Crippen LogP contribution in [0.5, 0.6) is 0 Å². The molecule has 2 N–H and O–H groups in total. The lowest BCUT2D eigenvalue weighted by Crippen LogP contribution is -2.25. The van der Waals surface area contributed by atoms with Gasteiger partial charge < -0.3 is 10.4 Å². The molecule has 0 spiro atoms. The predicted octanol–water partition coefficient (Wildman–Crippen LogP) is 7.86. The second-order valence-electron chi connectivity index (χ2n) is 9.08. The highest BCUT2D eigenvalue weighted by atomic mass is 33.1. The van der Waals surface area contributed by atoms with Crippen LogP contribution in [-0.2, 0) is 0 Å². The second-order valence-corrected chi connectivity index (χ2v) is 11.5. The van der Waals surface area contributed by atoms with Gasteiger partial charge in [-0.25, -0.2) is 9.78 Å². The van der Waals surface area contributed by atoms with Gasteiger partial charge in [0, 0.05) is 18.5 Å². The van der Waals surface area contributed by atoms with Crippen LogP contribution in [0.1, 0.15) is 75.7 Å². The Morgan fingerprint density at radius 3 is 1.97 bits per heavy atom. The van der Waals surface area contributed by atoms with Crippen LogP contribution in [0.3, 0.4) is 0 Å². The summed E-state index contributed by atoms with van der Waals surface area (Å²) in [4.78, 5) is 14.2. The van der Waals surface area contributed by atoms with Crippen molar-refractivity contribution in [3.05, 3.63) is 24.4 Å². The van der Waals surface area contributed by atoms with E-state index < -0.39 is 6.09 Å². The van der Waals surface area contributed by atoms with Gasteiger partial charge >= 0.3 is 6.09 Å². The molecular weight excluding hydrogens is 400 g/mol. The van der Waals surface area contributed by atoms with Crippen LogP contribution >= 0.6 is 21.6 Å². The van der Waals surface area contributed by atoms with E-state index >= 15 is 0 Å². The molecule has 1 aromatic rings. The first-order valence-corrected chi connectivity index (χ1v) is 12.8. The minimum atomic E-state index is -0.978. The molecule has 0 bridgehead atoms. The number of pyridine rings is 1. The van der Waals surface area contributed by atoms with Gasteiger partial charge in [0.15, 0.2) is 0 Å². The third kappa shape index (κ3) is 17.7. The maximum atomic E-state index is 10.1. The van der Waals surface area contributed by atoms with E-state index in [1.165, 1.54) is 6.42 Å². The minimum Gasteiger partial charge on any atom is -0.465 e. The summed E-state index contributed by atoms with van der Waals surface area (Å²) in [6.07, 6.45) is 2.10. The summed E-state index contributed by atoms with van der Waals surface area (Å²) in [6, 6.07) is 5.70. The molecule has 2 atom stereocenters. The standard InChI is InChI=1S/C13H28.C8H10N2O2S2.C2H6/c1-10(12(3,4)5)9-11(2)13(6,7)8;11-8(12)10-5-6-13-14-7-3-1-2-4-9-7;1-2/h10-11H,9H2,1-8H3;1-4,10H,5-6H2,(H,11,12);1-2H3/t10-,11-;;/m1../s1. The summed E-state index contributed by atoms with van der Waals surface area (Å²) in [5.41, 5.74) is 0.916. The van der Waals surface area contributed by atoms with E-state index in [2.05, 4.69) is 65.7 Å². The first kappa shape index (κ1) is 30.3. The van der Waals surface area contributed by atoms with Crippen LogP contribution in [0.15, 0.2) is 29.4 Å². The number of amides is 1. The largest absolute Gasteiger partial charge is 0.465 e. The molecule has 0 fully saturated rings. The van der Waals surface area contributed by atoms with Gasteiger partial charge in [0.1, 0.15) is 5.03 Å². The summed E-state index contributed by atoms with van der Waals surface area (Å²) < 4.78 is 0. The van der Waals surface area contributed by atoms with Crippen LogP contribution in [-0.4, -0.2) is 28.5 Å². The molecule has 0 aliphatic carbocycles. The molecule has 0 radical (unpaired) electrons. The van der Waals surface area contributed by atoms with E-state index in [9.17, 15) is 4.79 Å². The highest BCUT2D eigenvalue weighted by Crippen LogP contribution is 2.37. The zero-order valence-electron chi connectivity index (χ0n) is 20.2. The van der Waals surface area contributed by atoms with E-state index in [0.29, 0.717) is 17.4 Å². The average Bonchev–Trinajstić information content (AvgIpc) is 2.62. The molecule has 1 rings (SSSR count). The first-order chi connectivity index (χ1) is 13.3. The lowest BCUT2D eigenvalue weighted by atomic mass is 9.71. The Morgan fingerprint density at radius 2 is 1.59 bits per heavy atom. The molecule has 29 heavy (non-hydrogen) atoms. The number of aromatic nitrogens is 1. The van der Waals surface area contributed by atoms with Gasteiger partial charge in [-0.1, -0.05) is 86.1 Å². The monoisotopic (exact) mass is 444 g/mol. The van der Waals surface area contributed by atoms with Gasteiger partial charge in [0.05, 0.1) is 0 Å². The van der Waals surface area contributed by atoms with Crippen molar-refractivity contribution in [1.82, 2.24) is 10.3 Å². The van der Waals surface area contributed by atoms with Crippen molar-refractivity contribution in [2.75, 3.05) is 12.3 Å². The number of carbonyl (C=O) groups is 1. The Labute approximate surface area is 187 Å². The molecule has 0 aliphatic heterocycles. The van der Waals surface area contributed by atoms with Crippen molar-refractivity contribution in [3.63, 3.8) is 0 Å². The number of rotatable bonds is 7. The zero-order chi connectivity index (χ0) is 23.1.